The molecule has 0 atom stereocenters. The molecule has 0 unspecified atom stereocenters. The molecule has 1 aromatic carbocycles. The molecule has 0 saturated heterocycles. The van der Waals surface area contributed by atoms with E-state index in [1.807, 2.05) is 0 Å². The molecule has 2 heterocycles. The minimum Gasteiger partial charge on any atom is -0.477 e. The number of nitrogens with zero attached hydrogens (tertiary/aromatic N) is 5. The normalized spacial score (nSPS) is 10.6. The van der Waals surface area contributed by atoms with E-state index in [4.69, 9.17) is 0 Å². The molecule has 2 aromatic heterocycles. The first kappa shape index (κ1) is 16.4. The fourth-order valence-electron chi connectivity index (χ4n) is 2.41. The molecule has 9 heteroatoms. The van der Waals surface area contributed by atoms with E-state index in [-0.39, 0.29) is 18.1 Å². The number of rotatable bonds is 5. The fourth-order valence-corrected chi connectivity index (χ4v) is 2.41. The number of aromatic carboxylic acids is 1. The van der Waals surface area contributed by atoms with Crippen molar-refractivity contribution in [3.8, 4) is 11.4 Å². The summed E-state index contributed by atoms with van der Waals surface area (Å²) >= 11 is 0. The van der Waals surface area contributed by atoms with Gasteiger partial charge >= 0.3 is 5.97 Å². The van der Waals surface area contributed by atoms with Crippen molar-refractivity contribution in [2.45, 2.75) is 6.54 Å². The average Bonchev–Trinajstić information content (AvgIpc) is 3.18. The van der Waals surface area contributed by atoms with Crippen LogP contribution in [-0.2, 0) is 20.6 Å². The first-order valence-corrected chi connectivity index (χ1v) is 7.44. The van der Waals surface area contributed by atoms with Crippen LogP contribution in [0.15, 0.2) is 36.8 Å². The Morgan fingerprint density at radius 3 is 2.52 bits per heavy atom. The highest BCUT2D eigenvalue weighted by Crippen LogP contribution is 2.15. The van der Waals surface area contributed by atoms with Crippen molar-refractivity contribution in [2.24, 2.45) is 14.1 Å². The van der Waals surface area contributed by atoms with E-state index >= 15 is 0 Å². The number of benzene rings is 1. The Bertz CT molecular complexity index is 926. The molecule has 0 fully saturated rings. The molecule has 0 aliphatic carbocycles. The third kappa shape index (κ3) is 3.39. The average molecular weight is 340 g/mol. The van der Waals surface area contributed by atoms with Gasteiger partial charge in [-0.1, -0.05) is 12.1 Å². The minimum absolute atomic E-state index is 0.0527. The van der Waals surface area contributed by atoms with E-state index in [0.717, 1.165) is 5.56 Å². The number of nitrogens with one attached hydrogen (secondary N) is 1. The van der Waals surface area contributed by atoms with Crippen LogP contribution in [-0.4, -0.2) is 41.5 Å². The summed E-state index contributed by atoms with van der Waals surface area (Å²) in [6.45, 7) is 0.0812. The molecule has 0 radical (unpaired) electrons. The summed E-state index contributed by atoms with van der Waals surface area (Å²) in [6, 6.07) is 6.86. The van der Waals surface area contributed by atoms with Crippen LogP contribution in [0.2, 0.25) is 0 Å². The van der Waals surface area contributed by atoms with Crippen LogP contribution in [0, 0.1) is 0 Å². The van der Waals surface area contributed by atoms with E-state index in [2.05, 4.69) is 20.5 Å². The maximum atomic E-state index is 12.2. The van der Waals surface area contributed by atoms with Crippen LogP contribution in [0.1, 0.15) is 26.4 Å². The second-order valence-electron chi connectivity index (χ2n) is 5.45. The Labute approximate surface area is 142 Å². The first-order chi connectivity index (χ1) is 12.0. The third-order valence-corrected chi connectivity index (χ3v) is 3.66. The van der Waals surface area contributed by atoms with Crippen molar-refractivity contribution in [2.75, 3.05) is 0 Å². The molecule has 2 N–H and O–H groups in total. The number of amides is 1. The lowest BCUT2D eigenvalue weighted by molar-refractivity contribution is 0.0682. The lowest BCUT2D eigenvalue weighted by Crippen LogP contribution is -2.23. The number of carbonyl (C=O) groups is 2. The summed E-state index contributed by atoms with van der Waals surface area (Å²) in [5.41, 5.74) is 1.76. The maximum absolute atomic E-state index is 12.2. The number of carboxylic acid groups (broad SMARTS) is 1. The Kier molecular flexibility index (Phi) is 4.29. The van der Waals surface area contributed by atoms with E-state index in [1.54, 1.807) is 49.4 Å². The van der Waals surface area contributed by atoms with Gasteiger partial charge in [0.1, 0.15) is 6.33 Å². The Morgan fingerprint density at radius 1 is 1.20 bits per heavy atom. The zero-order valence-corrected chi connectivity index (χ0v) is 13.7. The van der Waals surface area contributed by atoms with Gasteiger partial charge < -0.3 is 10.4 Å². The molecule has 25 heavy (non-hydrogen) atoms. The van der Waals surface area contributed by atoms with Crippen molar-refractivity contribution in [3.63, 3.8) is 0 Å². The molecule has 3 rings (SSSR count). The molecule has 128 valence electrons. The molecule has 1 amide bonds. The van der Waals surface area contributed by atoms with Crippen molar-refractivity contribution in [1.82, 2.24) is 29.9 Å². The number of carbonyl (C=O) groups excluding carboxylic acids is 1. The van der Waals surface area contributed by atoms with Crippen LogP contribution in [0.3, 0.4) is 0 Å². The molecule has 0 aliphatic heterocycles. The van der Waals surface area contributed by atoms with E-state index < -0.39 is 5.97 Å². The maximum Gasteiger partial charge on any atom is 0.354 e. The predicted molar refractivity (Wildman–Crippen MR) is 87.8 cm³/mol. The van der Waals surface area contributed by atoms with Crippen molar-refractivity contribution >= 4 is 11.9 Å². The summed E-state index contributed by atoms with van der Waals surface area (Å²) in [4.78, 5) is 27.6. The highest BCUT2D eigenvalue weighted by Gasteiger charge is 2.16. The quantitative estimate of drug-likeness (QED) is 0.711. The van der Waals surface area contributed by atoms with Gasteiger partial charge in [-0.15, -0.1) is 0 Å². The summed E-state index contributed by atoms with van der Waals surface area (Å²) in [5.74, 6) is -0.812. The fraction of sp³-hybridized carbons (Fsp3) is 0.188. The third-order valence-electron chi connectivity index (χ3n) is 3.66. The lowest BCUT2D eigenvalue weighted by Gasteiger charge is -2.06. The van der Waals surface area contributed by atoms with E-state index in [1.165, 1.54) is 10.9 Å². The van der Waals surface area contributed by atoms with Crippen LogP contribution in [0.25, 0.3) is 11.4 Å². The second-order valence-corrected chi connectivity index (χ2v) is 5.45. The largest absolute Gasteiger partial charge is 0.477 e. The molecule has 9 nitrogen and oxygen atoms in total. The summed E-state index contributed by atoms with van der Waals surface area (Å²) in [6.07, 6.45) is 3.03. The number of hydrogen-bond acceptors (Lipinski definition) is 5. The number of carboxylic acids is 1. The zero-order valence-electron chi connectivity index (χ0n) is 13.7. The Hall–Kier alpha value is -3.49. The van der Waals surface area contributed by atoms with Crippen molar-refractivity contribution in [1.29, 1.82) is 0 Å². The van der Waals surface area contributed by atoms with Gasteiger partial charge in [-0.25, -0.2) is 9.78 Å². The standard InChI is InChI=1S/C16H16N6O3/c1-21-9-18-14(20-21)10-3-5-11(6-4-10)15(23)17-7-12-8-19-22(2)13(12)16(24)25/h3-6,8-9H,7H2,1-2H3,(H,17,23)(H,24,25). The van der Waals surface area contributed by atoms with Crippen molar-refractivity contribution < 1.29 is 14.7 Å². The van der Waals surface area contributed by atoms with Crippen LogP contribution in [0.5, 0.6) is 0 Å². The Morgan fingerprint density at radius 2 is 1.92 bits per heavy atom. The summed E-state index contributed by atoms with van der Waals surface area (Å²) in [7, 11) is 3.32. The molecule has 0 aliphatic rings. The van der Waals surface area contributed by atoms with Crippen LogP contribution < -0.4 is 5.32 Å². The SMILES string of the molecule is Cn1cnc(-c2ccc(C(=O)NCc3cnn(C)c3C(=O)O)cc2)n1. The van der Waals surface area contributed by atoms with E-state index in [9.17, 15) is 14.7 Å². The number of aromatic nitrogens is 5. The van der Waals surface area contributed by atoms with Gasteiger partial charge in [0, 0.05) is 37.3 Å². The first-order valence-electron chi connectivity index (χ1n) is 7.44. The summed E-state index contributed by atoms with van der Waals surface area (Å²) < 4.78 is 2.86. The summed E-state index contributed by atoms with van der Waals surface area (Å²) in [5, 5.41) is 20.0. The van der Waals surface area contributed by atoms with Crippen LogP contribution in [0.4, 0.5) is 0 Å². The highest BCUT2D eigenvalue weighted by atomic mass is 16.4. The van der Waals surface area contributed by atoms with Gasteiger partial charge in [0.15, 0.2) is 11.5 Å². The topological polar surface area (TPSA) is 115 Å². The van der Waals surface area contributed by atoms with Gasteiger partial charge in [-0.05, 0) is 12.1 Å². The minimum atomic E-state index is -1.09. The second kappa shape index (κ2) is 6.56. The number of aryl methyl sites for hydroxylation is 2. The molecule has 0 saturated carbocycles. The van der Waals surface area contributed by atoms with Gasteiger partial charge in [0.25, 0.3) is 5.91 Å². The number of hydrogen-bond donors (Lipinski definition) is 2. The van der Waals surface area contributed by atoms with Gasteiger partial charge in [0.2, 0.25) is 0 Å². The zero-order chi connectivity index (χ0) is 18.0. The predicted octanol–water partition coefficient (Wildman–Crippen LogP) is 0.844. The molecular weight excluding hydrogens is 324 g/mol. The van der Waals surface area contributed by atoms with Crippen LogP contribution >= 0.6 is 0 Å². The lowest BCUT2D eigenvalue weighted by atomic mass is 10.1. The molecule has 3 aromatic rings. The van der Waals surface area contributed by atoms with Crippen molar-refractivity contribution in [3.05, 3.63) is 53.6 Å². The van der Waals surface area contributed by atoms with E-state index in [0.29, 0.717) is 17.0 Å². The molecular formula is C16H16N6O3. The monoisotopic (exact) mass is 340 g/mol. The molecule has 0 bridgehead atoms. The van der Waals surface area contributed by atoms with Gasteiger partial charge in [0.05, 0.1) is 6.20 Å². The Balaban J connectivity index is 1.69. The van der Waals surface area contributed by atoms with Gasteiger partial charge in [-0.2, -0.15) is 10.2 Å². The van der Waals surface area contributed by atoms with Gasteiger partial charge in [-0.3, -0.25) is 14.2 Å². The smallest absolute Gasteiger partial charge is 0.354 e. The highest BCUT2D eigenvalue weighted by molar-refractivity contribution is 5.94. The molecule has 0 spiro atoms.